The highest BCUT2D eigenvalue weighted by Crippen LogP contribution is 2.37. The summed E-state index contributed by atoms with van der Waals surface area (Å²) in [6, 6.07) is 0.596. The van der Waals surface area contributed by atoms with Gasteiger partial charge in [-0.25, -0.2) is 4.98 Å². The molecule has 2 aliphatic heterocycles. The largest absolute Gasteiger partial charge is 0.375 e. The number of nitrogens with zero attached hydrogens (tertiary/aromatic N) is 1. The minimum absolute atomic E-state index is 0.180. The van der Waals surface area contributed by atoms with Crippen LogP contribution < -0.4 is 5.32 Å². The van der Waals surface area contributed by atoms with E-state index in [1.54, 1.807) is 11.3 Å². The average Bonchev–Trinajstić information content (AvgIpc) is 2.83. The molecule has 0 saturated carbocycles. The molecule has 0 amide bonds. The molecule has 1 N–H and O–H groups in total. The van der Waals surface area contributed by atoms with E-state index in [1.807, 2.05) is 0 Å². The van der Waals surface area contributed by atoms with Gasteiger partial charge in [0.2, 0.25) is 0 Å². The molecule has 0 bridgehead atoms. The molecule has 3 rings (SSSR count). The Hall–Kier alpha value is -0.100. The van der Waals surface area contributed by atoms with Crippen LogP contribution in [0.15, 0.2) is 5.38 Å². The van der Waals surface area contributed by atoms with Gasteiger partial charge in [-0.15, -0.1) is 11.3 Å². The maximum atomic E-state index is 6.13. The molecule has 2 saturated heterocycles. The molecule has 1 spiro atoms. The maximum absolute atomic E-state index is 6.13. The Morgan fingerprint density at radius 2 is 2.32 bits per heavy atom. The second kappa shape index (κ2) is 6.12. The van der Waals surface area contributed by atoms with Crippen LogP contribution in [0.4, 0.5) is 0 Å². The Morgan fingerprint density at radius 3 is 3.05 bits per heavy atom. The predicted octanol–water partition coefficient (Wildman–Crippen LogP) is 2.99. The first-order valence-electron chi connectivity index (χ1n) is 7.12. The third kappa shape index (κ3) is 3.51. The number of nitrogens with one attached hydrogen (secondary N) is 1. The molecule has 1 unspecified atom stereocenters. The van der Waals surface area contributed by atoms with Crippen molar-refractivity contribution in [1.82, 2.24) is 10.3 Å². The molecule has 106 valence electrons. The van der Waals surface area contributed by atoms with E-state index in [1.165, 1.54) is 36.5 Å². The first-order valence-corrected chi connectivity index (χ1v) is 9.15. The molecule has 1 aromatic heterocycles. The molecule has 3 heterocycles. The van der Waals surface area contributed by atoms with E-state index >= 15 is 0 Å². The highest BCUT2D eigenvalue weighted by atomic mass is 32.2. The van der Waals surface area contributed by atoms with Crippen molar-refractivity contribution in [2.75, 3.05) is 18.1 Å². The number of aromatic nitrogens is 1. The van der Waals surface area contributed by atoms with Gasteiger partial charge in [0, 0.05) is 24.6 Å². The summed E-state index contributed by atoms with van der Waals surface area (Å²) in [4.78, 5) is 4.52. The molecule has 3 nitrogen and oxygen atoms in total. The van der Waals surface area contributed by atoms with E-state index in [9.17, 15) is 0 Å². The summed E-state index contributed by atoms with van der Waals surface area (Å²) in [5.74, 6) is 2.52. The van der Waals surface area contributed by atoms with Crippen LogP contribution in [0.1, 0.15) is 36.4 Å². The van der Waals surface area contributed by atoms with E-state index in [2.05, 4.69) is 34.4 Å². The van der Waals surface area contributed by atoms with Crippen LogP contribution in [0, 0.1) is 6.92 Å². The van der Waals surface area contributed by atoms with Crippen LogP contribution in [-0.2, 0) is 11.3 Å². The van der Waals surface area contributed by atoms with Gasteiger partial charge in [-0.1, -0.05) is 0 Å². The number of ether oxygens (including phenoxy) is 1. The summed E-state index contributed by atoms with van der Waals surface area (Å²) in [5.41, 5.74) is 1.36. The zero-order chi connectivity index (χ0) is 13.1. The number of hydrogen-bond acceptors (Lipinski definition) is 5. The predicted molar refractivity (Wildman–Crippen MR) is 82.0 cm³/mol. The third-order valence-corrected chi connectivity index (χ3v) is 5.94. The normalized spacial score (nSPS) is 26.7. The van der Waals surface area contributed by atoms with Crippen LogP contribution in [0.5, 0.6) is 0 Å². The maximum Gasteiger partial charge on any atom is 0.0897 e. The minimum Gasteiger partial charge on any atom is -0.375 e. The standard InChI is InChI=1S/C14H22N2OS2/c1-11-16-13(10-19-11)9-15-12-2-5-17-14(8-12)3-6-18-7-4-14/h10,12,15H,2-9H2,1H3. The number of rotatable bonds is 3. The van der Waals surface area contributed by atoms with Gasteiger partial charge < -0.3 is 10.1 Å². The van der Waals surface area contributed by atoms with Crippen molar-refractivity contribution in [3.05, 3.63) is 16.1 Å². The average molecular weight is 298 g/mol. The van der Waals surface area contributed by atoms with Crippen molar-refractivity contribution in [1.29, 1.82) is 0 Å². The molecule has 2 fully saturated rings. The summed E-state index contributed by atoms with van der Waals surface area (Å²) in [6.07, 6.45) is 4.77. The third-order valence-electron chi connectivity index (χ3n) is 4.14. The summed E-state index contributed by atoms with van der Waals surface area (Å²) in [5, 5.41) is 7.00. The SMILES string of the molecule is Cc1nc(CNC2CCOC3(CCSCC3)C2)cs1. The van der Waals surface area contributed by atoms with Gasteiger partial charge in [0.05, 0.1) is 16.3 Å². The summed E-state index contributed by atoms with van der Waals surface area (Å²) >= 11 is 3.80. The molecule has 2 aliphatic rings. The zero-order valence-electron chi connectivity index (χ0n) is 11.5. The monoisotopic (exact) mass is 298 g/mol. The van der Waals surface area contributed by atoms with Crippen molar-refractivity contribution in [2.45, 2.75) is 50.8 Å². The summed E-state index contributed by atoms with van der Waals surface area (Å²) < 4.78 is 6.13. The smallest absolute Gasteiger partial charge is 0.0897 e. The Morgan fingerprint density at radius 1 is 1.47 bits per heavy atom. The lowest BCUT2D eigenvalue weighted by Crippen LogP contribution is -2.48. The van der Waals surface area contributed by atoms with Crippen LogP contribution in [0.25, 0.3) is 0 Å². The van der Waals surface area contributed by atoms with Crippen LogP contribution in [0.2, 0.25) is 0 Å². The van der Waals surface area contributed by atoms with Crippen molar-refractivity contribution < 1.29 is 4.74 Å². The van der Waals surface area contributed by atoms with Gasteiger partial charge in [-0.05, 0) is 44.1 Å². The lowest BCUT2D eigenvalue weighted by Gasteiger charge is -2.43. The molecule has 0 radical (unpaired) electrons. The van der Waals surface area contributed by atoms with Crippen molar-refractivity contribution in [2.24, 2.45) is 0 Å². The van der Waals surface area contributed by atoms with E-state index in [-0.39, 0.29) is 5.60 Å². The van der Waals surface area contributed by atoms with E-state index in [0.29, 0.717) is 6.04 Å². The topological polar surface area (TPSA) is 34.2 Å². The van der Waals surface area contributed by atoms with Gasteiger partial charge in [-0.3, -0.25) is 0 Å². The van der Waals surface area contributed by atoms with Crippen LogP contribution >= 0.6 is 23.1 Å². The molecule has 5 heteroatoms. The number of aryl methyl sites for hydroxylation is 1. The number of thioether (sulfide) groups is 1. The van der Waals surface area contributed by atoms with Gasteiger partial charge in [0.25, 0.3) is 0 Å². The Balaban J connectivity index is 1.53. The highest BCUT2D eigenvalue weighted by Gasteiger charge is 2.38. The molecule has 0 aromatic carbocycles. The molecular weight excluding hydrogens is 276 g/mol. The molecular formula is C14H22N2OS2. The van der Waals surface area contributed by atoms with Gasteiger partial charge in [-0.2, -0.15) is 11.8 Å². The van der Waals surface area contributed by atoms with E-state index in [4.69, 9.17) is 4.74 Å². The highest BCUT2D eigenvalue weighted by molar-refractivity contribution is 7.99. The first-order chi connectivity index (χ1) is 9.26. The molecule has 1 atom stereocenters. The van der Waals surface area contributed by atoms with Crippen LogP contribution in [-0.4, -0.2) is 34.7 Å². The lowest BCUT2D eigenvalue weighted by atomic mass is 9.85. The van der Waals surface area contributed by atoms with Gasteiger partial charge >= 0.3 is 0 Å². The van der Waals surface area contributed by atoms with Crippen molar-refractivity contribution >= 4 is 23.1 Å². The second-order valence-electron chi connectivity index (χ2n) is 5.57. The van der Waals surface area contributed by atoms with Crippen molar-refractivity contribution in [3.63, 3.8) is 0 Å². The molecule has 0 aliphatic carbocycles. The molecule has 19 heavy (non-hydrogen) atoms. The summed E-state index contributed by atoms with van der Waals surface area (Å²) in [6.45, 7) is 3.88. The zero-order valence-corrected chi connectivity index (χ0v) is 13.1. The fourth-order valence-electron chi connectivity index (χ4n) is 3.03. The van der Waals surface area contributed by atoms with Gasteiger partial charge in [0.15, 0.2) is 0 Å². The fraction of sp³-hybridized carbons (Fsp3) is 0.786. The second-order valence-corrected chi connectivity index (χ2v) is 7.86. The Labute approximate surface area is 123 Å². The van der Waals surface area contributed by atoms with E-state index < -0.39 is 0 Å². The summed E-state index contributed by atoms with van der Waals surface area (Å²) in [7, 11) is 0. The lowest BCUT2D eigenvalue weighted by molar-refractivity contribution is -0.0933. The minimum atomic E-state index is 0.180. The number of hydrogen-bond donors (Lipinski definition) is 1. The fourth-order valence-corrected chi connectivity index (χ4v) is 4.88. The molecule has 1 aromatic rings. The van der Waals surface area contributed by atoms with E-state index in [0.717, 1.165) is 24.6 Å². The quantitative estimate of drug-likeness (QED) is 0.930. The van der Waals surface area contributed by atoms with Gasteiger partial charge in [0.1, 0.15) is 0 Å². The van der Waals surface area contributed by atoms with Crippen LogP contribution in [0.3, 0.4) is 0 Å². The Kier molecular flexibility index (Phi) is 4.47. The number of thiazole rings is 1. The Bertz CT molecular complexity index is 410. The van der Waals surface area contributed by atoms with Crippen molar-refractivity contribution in [3.8, 4) is 0 Å². The first kappa shape index (κ1) is 13.9.